The molecule has 3 rings (SSSR count). The van der Waals surface area contributed by atoms with Crippen LogP contribution in [0.15, 0.2) is 41.6 Å². The summed E-state index contributed by atoms with van der Waals surface area (Å²) in [6, 6.07) is 6.01. The minimum atomic E-state index is -3.23. The molecule has 1 saturated heterocycles. The van der Waals surface area contributed by atoms with Gasteiger partial charge in [-0.2, -0.15) is 5.10 Å². The van der Waals surface area contributed by atoms with E-state index in [-0.39, 0.29) is 10.9 Å². The number of rotatable bonds is 3. The fourth-order valence-corrected chi connectivity index (χ4v) is 3.49. The molecule has 24 heavy (non-hydrogen) atoms. The van der Waals surface area contributed by atoms with Gasteiger partial charge in [0, 0.05) is 44.2 Å². The van der Waals surface area contributed by atoms with Gasteiger partial charge in [0.2, 0.25) is 0 Å². The molecule has 0 aliphatic carbocycles. The number of likely N-dealkylation sites (tertiary alicyclic amines) is 1. The minimum Gasteiger partial charge on any atom is -0.324 e. The van der Waals surface area contributed by atoms with Crippen LogP contribution in [-0.4, -0.2) is 48.5 Å². The fraction of sp³-hybridized carbons (Fsp3) is 0.375. The van der Waals surface area contributed by atoms with Gasteiger partial charge in [-0.1, -0.05) is 0 Å². The van der Waals surface area contributed by atoms with Crippen LogP contribution >= 0.6 is 0 Å². The van der Waals surface area contributed by atoms with Crippen molar-refractivity contribution in [3.63, 3.8) is 0 Å². The van der Waals surface area contributed by atoms with Crippen LogP contribution in [0.1, 0.15) is 17.9 Å². The van der Waals surface area contributed by atoms with Gasteiger partial charge in [-0.25, -0.2) is 13.2 Å². The van der Waals surface area contributed by atoms with Crippen LogP contribution in [0.5, 0.6) is 0 Å². The number of amides is 2. The van der Waals surface area contributed by atoms with E-state index in [1.165, 1.54) is 12.1 Å². The summed E-state index contributed by atoms with van der Waals surface area (Å²) in [6.45, 7) is 1.34. The van der Waals surface area contributed by atoms with Crippen LogP contribution in [0, 0.1) is 0 Å². The number of nitrogens with one attached hydrogen (secondary N) is 1. The van der Waals surface area contributed by atoms with Crippen LogP contribution < -0.4 is 5.32 Å². The Kier molecular flexibility index (Phi) is 4.31. The Bertz CT molecular complexity index is 842. The summed E-state index contributed by atoms with van der Waals surface area (Å²) in [5.41, 5.74) is 1.72. The Hall–Kier alpha value is -2.35. The highest BCUT2D eigenvalue weighted by atomic mass is 32.2. The van der Waals surface area contributed by atoms with Crippen molar-refractivity contribution in [1.29, 1.82) is 0 Å². The Labute approximate surface area is 141 Å². The number of benzene rings is 1. The molecule has 1 atom stereocenters. The van der Waals surface area contributed by atoms with E-state index in [0.717, 1.165) is 18.2 Å². The van der Waals surface area contributed by atoms with Crippen LogP contribution in [-0.2, 0) is 16.9 Å². The van der Waals surface area contributed by atoms with Gasteiger partial charge in [0.25, 0.3) is 0 Å². The number of carbonyl (C=O) groups excluding carboxylic acids is 1. The van der Waals surface area contributed by atoms with Crippen molar-refractivity contribution >= 4 is 21.6 Å². The van der Waals surface area contributed by atoms with E-state index < -0.39 is 9.84 Å². The standard InChI is InChI=1S/C16H20N4O3S/c1-19-10-13(9-17-19)12-7-8-20(11-12)16(21)18-14-3-5-15(6-4-14)24(2,22)23/h3-6,9-10,12H,7-8,11H2,1-2H3,(H,18,21)/t12-/m0/s1. The first kappa shape index (κ1) is 16.5. The normalized spacial score (nSPS) is 17.9. The number of carbonyl (C=O) groups is 1. The number of aryl methyl sites for hydroxylation is 1. The smallest absolute Gasteiger partial charge is 0.321 e. The molecule has 8 heteroatoms. The summed E-state index contributed by atoms with van der Waals surface area (Å²) in [6.07, 6.45) is 5.89. The van der Waals surface area contributed by atoms with Gasteiger partial charge in [0.1, 0.15) is 0 Å². The molecule has 1 aromatic carbocycles. The van der Waals surface area contributed by atoms with E-state index in [2.05, 4.69) is 10.4 Å². The van der Waals surface area contributed by atoms with Crippen LogP contribution in [0.4, 0.5) is 10.5 Å². The summed E-state index contributed by atoms with van der Waals surface area (Å²) >= 11 is 0. The Morgan fingerprint density at radius 2 is 2.00 bits per heavy atom. The first-order valence-corrected chi connectivity index (χ1v) is 9.56. The number of sulfone groups is 1. The van der Waals surface area contributed by atoms with Crippen molar-refractivity contribution in [2.45, 2.75) is 17.2 Å². The molecule has 2 heterocycles. The van der Waals surface area contributed by atoms with E-state index in [9.17, 15) is 13.2 Å². The highest BCUT2D eigenvalue weighted by Crippen LogP contribution is 2.27. The van der Waals surface area contributed by atoms with Gasteiger partial charge in [-0.05, 0) is 36.2 Å². The molecule has 128 valence electrons. The summed E-state index contributed by atoms with van der Waals surface area (Å²) in [4.78, 5) is 14.4. The largest absolute Gasteiger partial charge is 0.324 e. The second-order valence-electron chi connectivity index (χ2n) is 6.11. The molecule has 1 aliphatic rings. The fourth-order valence-electron chi connectivity index (χ4n) is 2.86. The van der Waals surface area contributed by atoms with Crippen molar-refractivity contribution < 1.29 is 13.2 Å². The van der Waals surface area contributed by atoms with Crippen molar-refractivity contribution in [3.05, 3.63) is 42.2 Å². The number of hydrogen-bond donors (Lipinski definition) is 1. The number of hydrogen-bond acceptors (Lipinski definition) is 4. The molecule has 1 N–H and O–H groups in total. The third kappa shape index (κ3) is 3.59. The zero-order valence-corrected chi connectivity index (χ0v) is 14.5. The average molecular weight is 348 g/mol. The summed E-state index contributed by atoms with van der Waals surface area (Å²) < 4.78 is 24.7. The zero-order valence-electron chi connectivity index (χ0n) is 13.6. The summed E-state index contributed by atoms with van der Waals surface area (Å²) in [5.74, 6) is 0.303. The summed E-state index contributed by atoms with van der Waals surface area (Å²) in [7, 11) is -1.35. The van der Waals surface area contributed by atoms with Gasteiger partial charge in [-0.15, -0.1) is 0 Å². The molecule has 0 spiro atoms. The average Bonchev–Trinajstić information content (AvgIpc) is 3.15. The summed E-state index contributed by atoms with van der Waals surface area (Å²) in [5, 5.41) is 6.99. The lowest BCUT2D eigenvalue weighted by molar-refractivity contribution is 0.222. The second kappa shape index (κ2) is 6.27. The van der Waals surface area contributed by atoms with Crippen LogP contribution in [0.3, 0.4) is 0 Å². The number of urea groups is 1. The van der Waals surface area contributed by atoms with E-state index in [1.54, 1.807) is 21.7 Å². The van der Waals surface area contributed by atoms with Gasteiger partial charge in [0.15, 0.2) is 9.84 Å². The highest BCUT2D eigenvalue weighted by molar-refractivity contribution is 7.90. The van der Waals surface area contributed by atoms with E-state index in [0.29, 0.717) is 24.7 Å². The third-order valence-electron chi connectivity index (χ3n) is 4.21. The maximum Gasteiger partial charge on any atom is 0.321 e. The first-order chi connectivity index (χ1) is 11.3. The third-order valence-corrected chi connectivity index (χ3v) is 5.33. The van der Waals surface area contributed by atoms with Crippen molar-refractivity contribution in [2.24, 2.45) is 7.05 Å². The Morgan fingerprint density at radius 1 is 1.29 bits per heavy atom. The van der Waals surface area contributed by atoms with Crippen LogP contribution in [0.2, 0.25) is 0 Å². The zero-order chi connectivity index (χ0) is 17.3. The quantitative estimate of drug-likeness (QED) is 0.917. The SMILES string of the molecule is Cn1cc([C@H]2CCN(C(=O)Nc3ccc(S(C)(=O)=O)cc3)C2)cn1. The molecule has 1 aliphatic heterocycles. The minimum absolute atomic E-state index is 0.173. The van der Waals surface area contributed by atoms with Gasteiger partial charge in [-0.3, -0.25) is 4.68 Å². The molecule has 7 nitrogen and oxygen atoms in total. The van der Waals surface area contributed by atoms with Gasteiger partial charge in [0.05, 0.1) is 11.1 Å². The maximum atomic E-state index is 12.4. The molecular formula is C16H20N4O3S. The van der Waals surface area contributed by atoms with Crippen molar-refractivity contribution in [3.8, 4) is 0 Å². The molecule has 0 unspecified atom stereocenters. The van der Waals surface area contributed by atoms with Crippen molar-refractivity contribution in [2.75, 3.05) is 24.7 Å². The van der Waals surface area contributed by atoms with Crippen LogP contribution in [0.25, 0.3) is 0 Å². The highest BCUT2D eigenvalue weighted by Gasteiger charge is 2.28. The van der Waals surface area contributed by atoms with Crippen molar-refractivity contribution in [1.82, 2.24) is 14.7 Å². The molecule has 1 fully saturated rings. The monoisotopic (exact) mass is 348 g/mol. The van der Waals surface area contributed by atoms with Gasteiger partial charge < -0.3 is 10.2 Å². The molecule has 2 aromatic rings. The Morgan fingerprint density at radius 3 is 2.58 bits per heavy atom. The predicted molar refractivity (Wildman–Crippen MR) is 90.7 cm³/mol. The number of aromatic nitrogens is 2. The van der Waals surface area contributed by atoms with Gasteiger partial charge >= 0.3 is 6.03 Å². The molecule has 0 saturated carbocycles. The Balaban J connectivity index is 1.61. The molecule has 0 radical (unpaired) electrons. The molecule has 2 amide bonds. The first-order valence-electron chi connectivity index (χ1n) is 7.67. The lowest BCUT2D eigenvalue weighted by Gasteiger charge is -2.17. The molecular weight excluding hydrogens is 328 g/mol. The van der Waals surface area contributed by atoms with E-state index in [1.807, 2.05) is 19.4 Å². The molecule has 1 aromatic heterocycles. The second-order valence-corrected chi connectivity index (χ2v) is 8.12. The van der Waals surface area contributed by atoms with E-state index in [4.69, 9.17) is 0 Å². The number of anilines is 1. The maximum absolute atomic E-state index is 12.4. The lowest BCUT2D eigenvalue weighted by Crippen LogP contribution is -2.32. The van der Waals surface area contributed by atoms with E-state index >= 15 is 0 Å². The lowest BCUT2D eigenvalue weighted by atomic mass is 10.0. The molecule has 0 bridgehead atoms. The number of nitrogens with zero attached hydrogens (tertiary/aromatic N) is 3. The predicted octanol–water partition coefficient (Wildman–Crippen LogP) is 1.84. The topological polar surface area (TPSA) is 84.3 Å².